The van der Waals surface area contributed by atoms with Crippen molar-refractivity contribution in [3.05, 3.63) is 190 Å². The van der Waals surface area contributed by atoms with Gasteiger partial charge in [0.1, 0.15) is 39.2 Å². The van der Waals surface area contributed by atoms with Gasteiger partial charge in [-0.05, 0) is 142 Å². The Bertz CT molecular complexity index is 5390. The SMILES string of the molecule is Nc1ccc(C=Cc2ccc(N=Nc3ccc(C=Cc4ccc(N=Nc5ccc(C=Cc6ccc(N=Nc7ccc(C=Cc8ccc(N)cc8S(=O)(=O)O)c(S(=O)(=O)O)c7)cc6S(=O)(=O)O)c(S(=O)(=O)O)c5)cc4S(=O)(=O)O)c(S(=O)(=O)O)c3)cc2S(=O)(=O)O)c(S(=O)(=O)O)c1. The molecule has 0 atom stereocenters. The first-order chi connectivity index (χ1) is 44.4. The van der Waals surface area contributed by atoms with Crippen LogP contribution in [0.1, 0.15) is 44.5 Å². The fraction of sp³-hybridized carbons (Fsp3) is 0. The Morgan fingerprint density at radius 3 is 0.469 bits per heavy atom. The number of hydrogen-bond acceptors (Lipinski definition) is 24. The molecule has 12 N–H and O–H groups in total. The van der Waals surface area contributed by atoms with Gasteiger partial charge in [-0.1, -0.05) is 97.1 Å². The number of nitrogens with two attached hydrogens (primary N) is 2. The number of benzene rings is 8. The van der Waals surface area contributed by atoms with Gasteiger partial charge in [-0.25, -0.2) is 0 Å². The Hall–Kier alpha value is -9.60. The highest BCUT2D eigenvalue weighted by Gasteiger charge is 2.23. The molecule has 0 spiro atoms. The predicted molar refractivity (Wildman–Crippen MR) is 347 cm³/mol. The third-order valence-electron chi connectivity index (χ3n) is 12.9. The monoisotopic (exact) mass is 1470 g/mol. The molecule has 96 heavy (non-hydrogen) atoms. The van der Waals surface area contributed by atoms with Gasteiger partial charge < -0.3 is 11.5 Å². The molecule has 0 saturated heterocycles. The average molecular weight is 1470 g/mol. The minimum Gasteiger partial charge on any atom is -0.399 e. The fourth-order valence-corrected chi connectivity index (χ4v) is 14.2. The average Bonchev–Trinajstić information content (AvgIpc) is 0.814. The molecule has 0 aliphatic heterocycles. The first kappa shape index (κ1) is 72.2. The highest BCUT2D eigenvalue weighted by Crippen LogP contribution is 2.35. The molecular weight excluding hydrogens is 1430 g/mol. The zero-order valence-corrected chi connectivity index (χ0v) is 54.2. The quantitative estimate of drug-likeness (QED) is 0.0130. The van der Waals surface area contributed by atoms with E-state index in [1.165, 1.54) is 48.5 Å². The second kappa shape index (κ2) is 27.6. The lowest BCUT2D eigenvalue weighted by Crippen LogP contribution is -2.02. The molecule has 0 radical (unpaired) electrons. The number of nitrogens with zero attached hydrogens (tertiary/aromatic N) is 6. The second-order valence-corrected chi connectivity index (χ2v) is 30.8. The van der Waals surface area contributed by atoms with Crippen molar-refractivity contribution in [3.8, 4) is 0 Å². The molecule has 0 aliphatic rings. The van der Waals surface area contributed by atoms with E-state index in [2.05, 4.69) is 30.7 Å². The molecule has 0 saturated carbocycles. The molecule has 500 valence electrons. The normalized spacial score (nSPS) is 13.5. The zero-order chi connectivity index (χ0) is 70.7. The fourth-order valence-electron chi connectivity index (χ4n) is 8.57. The zero-order valence-electron chi connectivity index (χ0n) is 47.7. The second-order valence-electron chi connectivity index (χ2n) is 19.7. The molecule has 0 heterocycles. The summed E-state index contributed by atoms with van der Waals surface area (Å²) in [4.78, 5) is -6.01. The minimum absolute atomic E-state index is 0.0153. The predicted octanol–water partition coefficient (Wildman–Crippen LogP) is 10.8. The van der Waals surface area contributed by atoms with Crippen LogP contribution in [0, 0.1) is 0 Å². The van der Waals surface area contributed by atoms with Crippen molar-refractivity contribution in [2.75, 3.05) is 11.5 Å². The van der Waals surface area contributed by atoms with Gasteiger partial charge in [0, 0.05) is 11.4 Å². The Labute approximate surface area is 546 Å². The molecular formula is C56H44N8O24S8. The molecule has 32 nitrogen and oxygen atoms in total. The Kier molecular flexibility index (Phi) is 20.8. The van der Waals surface area contributed by atoms with Crippen LogP contribution in [0.5, 0.6) is 0 Å². The Morgan fingerprint density at radius 1 is 0.208 bits per heavy atom. The van der Waals surface area contributed by atoms with Crippen LogP contribution in [0.2, 0.25) is 0 Å². The van der Waals surface area contributed by atoms with Gasteiger partial charge in [-0.3, -0.25) is 36.4 Å². The van der Waals surface area contributed by atoms with Crippen LogP contribution in [0.3, 0.4) is 0 Å². The molecule has 0 aliphatic carbocycles. The van der Waals surface area contributed by atoms with Crippen molar-refractivity contribution >= 4 is 175 Å². The van der Waals surface area contributed by atoms with E-state index in [1.807, 2.05) is 0 Å². The molecule has 8 aromatic carbocycles. The van der Waals surface area contributed by atoms with Crippen LogP contribution in [0.4, 0.5) is 45.5 Å². The van der Waals surface area contributed by atoms with E-state index in [-0.39, 0.29) is 90.0 Å². The van der Waals surface area contributed by atoms with E-state index in [9.17, 15) is 104 Å². The molecule has 0 bridgehead atoms. The van der Waals surface area contributed by atoms with E-state index in [0.717, 1.165) is 146 Å². The topological polar surface area (TPSA) is 561 Å². The number of anilines is 2. The summed E-state index contributed by atoms with van der Waals surface area (Å²) in [6, 6.07) is 25.6. The van der Waals surface area contributed by atoms with Gasteiger partial charge in [-0.2, -0.15) is 98.0 Å². The third kappa shape index (κ3) is 18.7. The lowest BCUT2D eigenvalue weighted by atomic mass is 10.1. The molecule has 0 unspecified atom stereocenters. The van der Waals surface area contributed by atoms with E-state index in [1.54, 1.807) is 0 Å². The van der Waals surface area contributed by atoms with E-state index in [4.69, 9.17) is 11.5 Å². The molecule has 0 aromatic heterocycles. The maximum atomic E-state index is 12.7. The molecule has 40 heteroatoms. The van der Waals surface area contributed by atoms with Crippen LogP contribution in [-0.2, 0) is 80.9 Å². The summed E-state index contributed by atoms with van der Waals surface area (Å²) in [6.45, 7) is 0. The van der Waals surface area contributed by atoms with E-state index < -0.39 is 120 Å². The van der Waals surface area contributed by atoms with Gasteiger partial charge >= 0.3 is 0 Å². The van der Waals surface area contributed by atoms with Crippen molar-refractivity contribution in [1.82, 2.24) is 0 Å². The summed E-state index contributed by atoms with van der Waals surface area (Å²) < 4.78 is 278. The number of azo groups is 3. The largest absolute Gasteiger partial charge is 0.399 e. The first-order valence-electron chi connectivity index (χ1n) is 25.8. The van der Waals surface area contributed by atoms with Crippen LogP contribution in [0.15, 0.2) is 215 Å². The molecule has 0 fully saturated rings. The van der Waals surface area contributed by atoms with Gasteiger partial charge in [0.05, 0.1) is 34.1 Å². The summed E-state index contributed by atoms with van der Waals surface area (Å²) in [7, 11) is -40.1. The molecule has 8 rings (SSSR count). The van der Waals surface area contributed by atoms with Gasteiger partial charge in [-0.15, -0.1) is 0 Å². The van der Waals surface area contributed by atoms with Crippen molar-refractivity contribution < 1.29 is 104 Å². The Balaban J connectivity index is 1.01. The highest BCUT2D eigenvalue weighted by molar-refractivity contribution is 7.87. The standard InChI is InChI=1S/C56H44N8O24S8/c57-41-17-9-33(49(25-41)89(65,66)67)1-3-35-11-19-43(27-51(35)91(71,72)73)59-61-45-21-13-37(53(29-45)93(77,78)79)5-7-39-15-23-47(31-55(39)95(83,84)85)63-64-48-24-16-40(56(32-48)96(86,87)88)8-6-38-14-22-46(30-54(38)94(80,81)82)62-60-44-20-12-36(52(28-44)92(74,75)76)4-2-34-10-18-42(58)26-50(34)90(68,69)70/h1-32H,57-58H2,(H,65,66,67)(H,68,69,70)(H,71,72,73)(H,74,75,76)(H,77,78,79)(H,80,81,82)(H,83,84,85)(H,86,87,88). The van der Waals surface area contributed by atoms with E-state index >= 15 is 0 Å². The van der Waals surface area contributed by atoms with Crippen LogP contribution < -0.4 is 11.5 Å². The van der Waals surface area contributed by atoms with Crippen molar-refractivity contribution in [2.24, 2.45) is 30.7 Å². The van der Waals surface area contributed by atoms with E-state index in [0.29, 0.717) is 0 Å². The molecule has 8 aromatic rings. The van der Waals surface area contributed by atoms with Crippen molar-refractivity contribution in [2.45, 2.75) is 39.2 Å². The Morgan fingerprint density at radius 2 is 0.333 bits per heavy atom. The van der Waals surface area contributed by atoms with Gasteiger partial charge in [0.2, 0.25) is 0 Å². The summed E-state index contributed by atoms with van der Waals surface area (Å²) >= 11 is 0. The van der Waals surface area contributed by atoms with Gasteiger partial charge in [0.15, 0.2) is 0 Å². The lowest BCUT2D eigenvalue weighted by Gasteiger charge is -2.07. The summed E-state index contributed by atoms with van der Waals surface area (Å²) in [5.41, 5.74) is 7.87. The summed E-state index contributed by atoms with van der Waals surface area (Å²) in [5, 5.41) is 23.2. The smallest absolute Gasteiger partial charge is 0.295 e. The van der Waals surface area contributed by atoms with Crippen LogP contribution in [0.25, 0.3) is 48.6 Å². The van der Waals surface area contributed by atoms with Crippen LogP contribution >= 0.6 is 0 Å². The number of rotatable bonds is 22. The van der Waals surface area contributed by atoms with Crippen molar-refractivity contribution in [3.63, 3.8) is 0 Å². The first-order valence-corrected chi connectivity index (χ1v) is 37.3. The number of nitrogen functional groups attached to an aromatic ring is 2. The van der Waals surface area contributed by atoms with Gasteiger partial charge in [0.25, 0.3) is 80.9 Å². The maximum absolute atomic E-state index is 12.7. The summed E-state index contributed by atoms with van der Waals surface area (Å²) in [5.74, 6) is 0. The van der Waals surface area contributed by atoms with Crippen molar-refractivity contribution in [1.29, 1.82) is 0 Å². The highest BCUT2D eigenvalue weighted by atomic mass is 32.2. The number of hydrogen-bond donors (Lipinski definition) is 10. The minimum atomic E-state index is -5.14. The lowest BCUT2D eigenvalue weighted by molar-refractivity contribution is 0.480. The van der Waals surface area contributed by atoms with Crippen LogP contribution in [-0.4, -0.2) is 104 Å². The summed E-state index contributed by atoms with van der Waals surface area (Å²) in [6.07, 6.45) is 8.48. The maximum Gasteiger partial charge on any atom is 0.295 e. The third-order valence-corrected chi connectivity index (χ3v) is 20.2. The molecule has 0 amide bonds.